The predicted molar refractivity (Wildman–Crippen MR) is 46.6 cm³/mol. The third-order valence-electron chi connectivity index (χ3n) is 1.53. The van der Waals surface area contributed by atoms with Crippen molar-refractivity contribution in [2.45, 2.75) is 5.33 Å². The molecule has 0 bridgehead atoms. The molecule has 12 heavy (non-hydrogen) atoms. The van der Waals surface area contributed by atoms with Crippen LogP contribution in [0.1, 0.15) is 5.89 Å². The molecule has 0 amide bonds. The quantitative estimate of drug-likeness (QED) is 0.704. The van der Waals surface area contributed by atoms with E-state index < -0.39 is 0 Å². The summed E-state index contributed by atoms with van der Waals surface area (Å²) in [6.45, 7) is 0. The zero-order valence-electron chi connectivity index (χ0n) is 6.05. The lowest BCUT2D eigenvalue weighted by Gasteiger charge is -1.85. The summed E-state index contributed by atoms with van der Waals surface area (Å²) in [7, 11) is 0. The molecule has 0 radical (unpaired) electrons. The second kappa shape index (κ2) is 2.86. The molecule has 0 saturated carbocycles. The minimum absolute atomic E-state index is 0.229. The second-order valence-corrected chi connectivity index (χ2v) is 2.89. The highest BCUT2D eigenvalue weighted by Crippen LogP contribution is 2.19. The summed E-state index contributed by atoms with van der Waals surface area (Å²) >= 11 is 3.18. The van der Waals surface area contributed by atoms with Gasteiger partial charge in [-0.05, 0) is 12.1 Å². The molecule has 2 nitrogen and oxygen atoms in total. The highest BCUT2D eigenvalue weighted by molar-refractivity contribution is 9.08. The highest BCUT2D eigenvalue weighted by Gasteiger charge is 2.07. The van der Waals surface area contributed by atoms with E-state index in [9.17, 15) is 4.39 Å². The van der Waals surface area contributed by atoms with E-state index in [0.717, 1.165) is 0 Å². The molecule has 0 saturated heterocycles. The van der Waals surface area contributed by atoms with Crippen LogP contribution in [0.2, 0.25) is 0 Å². The zero-order chi connectivity index (χ0) is 8.55. The highest BCUT2D eigenvalue weighted by atomic mass is 79.9. The number of nitrogens with zero attached hydrogens (tertiary/aromatic N) is 1. The van der Waals surface area contributed by atoms with Crippen molar-refractivity contribution in [1.29, 1.82) is 0 Å². The van der Waals surface area contributed by atoms with Gasteiger partial charge < -0.3 is 4.42 Å². The van der Waals surface area contributed by atoms with Crippen molar-refractivity contribution in [2.75, 3.05) is 0 Å². The van der Waals surface area contributed by atoms with Crippen LogP contribution in [0.3, 0.4) is 0 Å². The van der Waals surface area contributed by atoms with Crippen molar-refractivity contribution < 1.29 is 8.81 Å². The molecule has 0 N–H and O–H groups in total. The molecule has 1 aromatic heterocycles. The number of halogens is 2. The van der Waals surface area contributed by atoms with Gasteiger partial charge >= 0.3 is 0 Å². The average molecular weight is 230 g/mol. The van der Waals surface area contributed by atoms with Gasteiger partial charge in [-0.15, -0.1) is 0 Å². The van der Waals surface area contributed by atoms with E-state index in [1.54, 1.807) is 12.1 Å². The molecule has 1 aromatic carbocycles. The number of hydrogen-bond acceptors (Lipinski definition) is 2. The molecule has 4 heteroatoms. The first-order valence-corrected chi connectivity index (χ1v) is 4.53. The minimum Gasteiger partial charge on any atom is -0.437 e. The van der Waals surface area contributed by atoms with Gasteiger partial charge in [0.05, 0.1) is 5.33 Å². The first kappa shape index (κ1) is 7.73. The van der Waals surface area contributed by atoms with Gasteiger partial charge in [-0.3, -0.25) is 0 Å². The number of benzene rings is 1. The zero-order valence-corrected chi connectivity index (χ0v) is 7.64. The molecule has 1 heterocycles. The Morgan fingerprint density at radius 3 is 3.00 bits per heavy atom. The molecule has 0 unspecified atom stereocenters. The van der Waals surface area contributed by atoms with Gasteiger partial charge in [0, 0.05) is 0 Å². The van der Waals surface area contributed by atoms with Crippen LogP contribution in [-0.4, -0.2) is 4.98 Å². The van der Waals surface area contributed by atoms with Crippen LogP contribution in [0.5, 0.6) is 0 Å². The van der Waals surface area contributed by atoms with Gasteiger partial charge in [-0.1, -0.05) is 22.0 Å². The maximum Gasteiger partial charge on any atom is 0.206 e. The van der Waals surface area contributed by atoms with E-state index in [-0.39, 0.29) is 11.4 Å². The third-order valence-corrected chi connectivity index (χ3v) is 2.01. The van der Waals surface area contributed by atoms with Gasteiger partial charge in [-0.25, -0.2) is 9.37 Å². The normalized spacial score (nSPS) is 10.8. The van der Waals surface area contributed by atoms with Crippen LogP contribution < -0.4 is 0 Å². The van der Waals surface area contributed by atoms with Gasteiger partial charge in [-0.2, -0.15) is 0 Å². The van der Waals surface area contributed by atoms with Gasteiger partial charge in [0.2, 0.25) is 5.89 Å². The van der Waals surface area contributed by atoms with Crippen LogP contribution in [-0.2, 0) is 5.33 Å². The fraction of sp³-hybridized carbons (Fsp3) is 0.125. The standard InChI is InChI=1S/C8H5BrFNO/c9-4-7-11-6-3-1-2-5(10)8(6)12-7/h1-3H,4H2. The monoisotopic (exact) mass is 229 g/mol. The molecule has 62 valence electrons. The molecule has 0 atom stereocenters. The predicted octanol–water partition coefficient (Wildman–Crippen LogP) is 2.86. The van der Waals surface area contributed by atoms with Crippen LogP contribution in [0.15, 0.2) is 22.6 Å². The Morgan fingerprint density at radius 1 is 1.50 bits per heavy atom. The number of aromatic nitrogens is 1. The first-order valence-electron chi connectivity index (χ1n) is 3.41. The summed E-state index contributed by atoms with van der Waals surface area (Å²) in [5.74, 6) is 0.127. The Labute approximate surface area is 76.5 Å². The van der Waals surface area contributed by atoms with Crippen LogP contribution >= 0.6 is 15.9 Å². The largest absolute Gasteiger partial charge is 0.437 e. The lowest BCUT2D eigenvalue weighted by atomic mass is 10.3. The molecule has 0 fully saturated rings. The first-order chi connectivity index (χ1) is 5.81. The van der Waals surface area contributed by atoms with E-state index >= 15 is 0 Å². The summed E-state index contributed by atoms with van der Waals surface area (Å²) in [6, 6.07) is 4.68. The Kier molecular flexibility index (Phi) is 1.84. The number of alkyl halides is 1. The maximum absolute atomic E-state index is 13.0. The Morgan fingerprint density at radius 2 is 2.33 bits per heavy atom. The fourth-order valence-electron chi connectivity index (χ4n) is 1.02. The number of para-hydroxylation sites is 1. The molecule has 0 aliphatic rings. The molecule has 2 aromatic rings. The molecule has 2 rings (SSSR count). The third kappa shape index (κ3) is 1.12. The van der Waals surface area contributed by atoms with Gasteiger partial charge in [0.1, 0.15) is 5.52 Å². The van der Waals surface area contributed by atoms with Gasteiger partial charge in [0.25, 0.3) is 0 Å². The molecular weight excluding hydrogens is 225 g/mol. The van der Waals surface area contributed by atoms with E-state index in [1.807, 2.05) is 0 Å². The fourth-order valence-corrected chi connectivity index (χ4v) is 1.26. The van der Waals surface area contributed by atoms with E-state index in [2.05, 4.69) is 20.9 Å². The Bertz CT molecular complexity index is 412. The smallest absolute Gasteiger partial charge is 0.206 e. The van der Waals surface area contributed by atoms with Crippen molar-refractivity contribution in [2.24, 2.45) is 0 Å². The second-order valence-electron chi connectivity index (χ2n) is 2.33. The number of fused-ring (bicyclic) bond motifs is 1. The Balaban J connectivity index is 2.74. The molecule has 0 aliphatic heterocycles. The number of hydrogen-bond donors (Lipinski definition) is 0. The molecule has 0 spiro atoms. The van der Waals surface area contributed by atoms with Crippen LogP contribution in [0.4, 0.5) is 4.39 Å². The summed E-state index contributed by atoms with van der Waals surface area (Å²) in [5, 5.41) is 0.501. The van der Waals surface area contributed by atoms with Crippen LogP contribution in [0.25, 0.3) is 11.1 Å². The summed E-state index contributed by atoms with van der Waals surface area (Å²) in [4.78, 5) is 4.04. The topological polar surface area (TPSA) is 26.0 Å². The van der Waals surface area contributed by atoms with Crippen molar-refractivity contribution in [1.82, 2.24) is 4.98 Å². The van der Waals surface area contributed by atoms with E-state index in [1.165, 1.54) is 6.07 Å². The lowest BCUT2D eigenvalue weighted by Crippen LogP contribution is -1.73. The number of oxazole rings is 1. The molecule has 0 aliphatic carbocycles. The van der Waals surface area contributed by atoms with E-state index in [0.29, 0.717) is 16.7 Å². The van der Waals surface area contributed by atoms with Gasteiger partial charge in [0.15, 0.2) is 11.4 Å². The van der Waals surface area contributed by atoms with Crippen molar-refractivity contribution in [3.05, 3.63) is 29.9 Å². The summed E-state index contributed by atoms with van der Waals surface area (Å²) in [6.07, 6.45) is 0. The maximum atomic E-state index is 13.0. The average Bonchev–Trinajstić information content (AvgIpc) is 2.49. The molecular formula is C8H5BrFNO. The van der Waals surface area contributed by atoms with E-state index in [4.69, 9.17) is 4.42 Å². The summed E-state index contributed by atoms with van der Waals surface area (Å²) < 4.78 is 18.1. The minimum atomic E-state index is -0.368. The summed E-state index contributed by atoms with van der Waals surface area (Å²) in [5.41, 5.74) is 0.788. The Hall–Kier alpha value is -0.900. The van der Waals surface area contributed by atoms with Crippen LogP contribution in [0, 0.1) is 5.82 Å². The lowest BCUT2D eigenvalue weighted by molar-refractivity contribution is 0.526. The van der Waals surface area contributed by atoms with Crippen molar-refractivity contribution in [3.63, 3.8) is 0 Å². The number of rotatable bonds is 1. The van der Waals surface area contributed by atoms with Crippen molar-refractivity contribution in [3.8, 4) is 0 Å². The van der Waals surface area contributed by atoms with Crippen molar-refractivity contribution >= 4 is 27.0 Å². The SMILES string of the molecule is Fc1cccc2nc(CBr)oc12.